The summed E-state index contributed by atoms with van der Waals surface area (Å²) in [5.41, 5.74) is 2.01. The van der Waals surface area contributed by atoms with Gasteiger partial charge < -0.3 is 9.64 Å². The van der Waals surface area contributed by atoms with E-state index in [1.807, 2.05) is 24.3 Å². The Hall–Kier alpha value is -2.02. The Morgan fingerprint density at radius 3 is 2.83 bits per heavy atom. The van der Waals surface area contributed by atoms with Crippen LogP contribution in [0.5, 0.6) is 0 Å². The van der Waals surface area contributed by atoms with Gasteiger partial charge in [0.05, 0.1) is 19.6 Å². The molecular weight excluding hydrogens is 228 g/mol. The number of carbonyl (C=O) groups excluding carboxylic acids is 1. The molecule has 2 rings (SSSR count). The van der Waals surface area contributed by atoms with E-state index in [9.17, 15) is 4.79 Å². The Labute approximate surface area is 107 Å². The first-order chi connectivity index (χ1) is 8.76. The lowest BCUT2D eigenvalue weighted by atomic mass is 10.1. The molecule has 4 heteroatoms. The first-order valence-electron chi connectivity index (χ1n) is 6.06. The van der Waals surface area contributed by atoms with E-state index in [1.54, 1.807) is 0 Å². The van der Waals surface area contributed by atoms with Crippen LogP contribution in [0.2, 0.25) is 0 Å². The van der Waals surface area contributed by atoms with Crippen molar-refractivity contribution in [2.75, 3.05) is 18.6 Å². The van der Waals surface area contributed by atoms with E-state index in [2.05, 4.69) is 11.0 Å². The van der Waals surface area contributed by atoms with E-state index < -0.39 is 0 Å². The molecule has 1 saturated heterocycles. The van der Waals surface area contributed by atoms with Crippen LogP contribution in [0.15, 0.2) is 24.3 Å². The molecule has 1 aromatic carbocycles. The number of nitriles is 1. The molecule has 1 atom stereocenters. The summed E-state index contributed by atoms with van der Waals surface area (Å²) in [6, 6.07) is 9.76. The van der Waals surface area contributed by atoms with Crippen molar-refractivity contribution >= 4 is 11.7 Å². The molecular formula is C14H16N2O2. The predicted octanol–water partition coefficient (Wildman–Crippen LogP) is 1.89. The number of rotatable bonds is 3. The molecule has 0 N–H and O–H groups in total. The molecule has 0 aliphatic carbocycles. The minimum atomic E-state index is -0.173. The van der Waals surface area contributed by atoms with Crippen LogP contribution in [0.3, 0.4) is 0 Å². The second-order valence-electron chi connectivity index (χ2n) is 4.38. The molecule has 0 bridgehead atoms. The molecule has 1 heterocycles. The normalized spacial score (nSPS) is 18.4. The van der Waals surface area contributed by atoms with Crippen molar-refractivity contribution in [3.63, 3.8) is 0 Å². The average molecular weight is 244 g/mol. The second-order valence-corrected chi connectivity index (χ2v) is 4.38. The van der Waals surface area contributed by atoms with Crippen LogP contribution in [0.25, 0.3) is 0 Å². The zero-order valence-corrected chi connectivity index (χ0v) is 10.4. The third-order valence-electron chi connectivity index (χ3n) is 3.28. The summed E-state index contributed by atoms with van der Waals surface area (Å²) in [4.78, 5) is 13.7. The molecule has 1 aliphatic rings. The largest absolute Gasteiger partial charge is 0.467 e. The van der Waals surface area contributed by atoms with E-state index in [1.165, 1.54) is 7.11 Å². The number of methoxy groups -OCH3 is 1. The third kappa shape index (κ3) is 2.45. The summed E-state index contributed by atoms with van der Waals surface area (Å²) < 4.78 is 4.82. The van der Waals surface area contributed by atoms with Gasteiger partial charge in [-0.1, -0.05) is 12.1 Å². The SMILES string of the molecule is COC(=O)C1CCCN1c1ccc(CC#N)cc1. The van der Waals surface area contributed by atoms with Gasteiger partial charge in [-0.05, 0) is 30.5 Å². The van der Waals surface area contributed by atoms with Crippen LogP contribution in [0.4, 0.5) is 5.69 Å². The fourth-order valence-electron chi connectivity index (χ4n) is 2.35. The standard InChI is InChI=1S/C14H16N2O2/c1-18-14(17)13-3-2-10-16(13)12-6-4-11(5-7-12)8-9-15/h4-7,13H,2-3,8,10H2,1H3. The van der Waals surface area contributed by atoms with Gasteiger partial charge in [-0.25, -0.2) is 4.79 Å². The van der Waals surface area contributed by atoms with Crippen LogP contribution < -0.4 is 4.90 Å². The highest BCUT2D eigenvalue weighted by Gasteiger charge is 2.31. The van der Waals surface area contributed by atoms with Gasteiger partial charge in [-0.3, -0.25) is 0 Å². The zero-order valence-electron chi connectivity index (χ0n) is 10.4. The van der Waals surface area contributed by atoms with Crippen molar-refractivity contribution in [1.82, 2.24) is 0 Å². The van der Waals surface area contributed by atoms with Crippen molar-refractivity contribution in [3.05, 3.63) is 29.8 Å². The Morgan fingerprint density at radius 2 is 2.22 bits per heavy atom. The molecule has 4 nitrogen and oxygen atoms in total. The maximum atomic E-state index is 11.7. The molecule has 0 aromatic heterocycles. The zero-order chi connectivity index (χ0) is 13.0. The van der Waals surface area contributed by atoms with Crippen molar-refractivity contribution in [1.29, 1.82) is 5.26 Å². The Bertz CT molecular complexity index is 462. The molecule has 94 valence electrons. The molecule has 0 amide bonds. The van der Waals surface area contributed by atoms with Crippen molar-refractivity contribution in [3.8, 4) is 6.07 Å². The van der Waals surface area contributed by atoms with Crippen LogP contribution in [-0.2, 0) is 16.0 Å². The highest BCUT2D eigenvalue weighted by Crippen LogP contribution is 2.26. The first kappa shape index (κ1) is 12.4. The fraction of sp³-hybridized carbons (Fsp3) is 0.429. The van der Waals surface area contributed by atoms with Crippen LogP contribution in [-0.4, -0.2) is 25.7 Å². The van der Waals surface area contributed by atoms with Crippen LogP contribution in [0, 0.1) is 11.3 Å². The number of carbonyl (C=O) groups is 1. The Balaban J connectivity index is 2.15. The Morgan fingerprint density at radius 1 is 1.50 bits per heavy atom. The maximum absolute atomic E-state index is 11.7. The van der Waals surface area contributed by atoms with Crippen molar-refractivity contribution < 1.29 is 9.53 Å². The summed E-state index contributed by atoms with van der Waals surface area (Å²) >= 11 is 0. The highest BCUT2D eigenvalue weighted by atomic mass is 16.5. The topological polar surface area (TPSA) is 53.3 Å². The van der Waals surface area contributed by atoms with Gasteiger partial charge in [0.1, 0.15) is 6.04 Å². The smallest absolute Gasteiger partial charge is 0.328 e. The monoisotopic (exact) mass is 244 g/mol. The van der Waals surface area contributed by atoms with Gasteiger partial charge in [-0.2, -0.15) is 5.26 Å². The molecule has 18 heavy (non-hydrogen) atoms. The van der Waals surface area contributed by atoms with Crippen molar-refractivity contribution in [2.24, 2.45) is 0 Å². The molecule has 1 aliphatic heterocycles. The molecule has 0 saturated carbocycles. The number of benzene rings is 1. The molecule has 0 radical (unpaired) electrons. The first-order valence-corrected chi connectivity index (χ1v) is 6.06. The van der Waals surface area contributed by atoms with Gasteiger partial charge in [0, 0.05) is 12.2 Å². The summed E-state index contributed by atoms with van der Waals surface area (Å²) in [5.74, 6) is -0.173. The molecule has 1 unspecified atom stereocenters. The lowest BCUT2D eigenvalue weighted by Crippen LogP contribution is -2.36. The number of hydrogen-bond donors (Lipinski definition) is 0. The van der Waals surface area contributed by atoms with E-state index in [0.717, 1.165) is 30.6 Å². The summed E-state index contributed by atoms with van der Waals surface area (Å²) in [7, 11) is 1.43. The van der Waals surface area contributed by atoms with Gasteiger partial charge in [0.2, 0.25) is 0 Å². The van der Waals surface area contributed by atoms with Gasteiger partial charge in [-0.15, -0.1) is 0 Å². The third-order valence-corrected chi connectivity index (χ3v) is 3.28. The van der Waals surface area contributed by atoms with Gasteiger partial charge in [0.15, 0.2) is 0 Å². The van der Waals surface area contributed by atoms with E-state index in [4.69, 9.17) is 10.00 Å². The second kappa shape index (κ2) is 5.54. The van der Waals surface area contributed by atoms with Gasteiger partial charge >= 0.3 is 5.97 Å². The van der Waals surface area contributed by atoms with E-state index in [-0.39, 0.29) is 12.0 Å². The lowest BCUT2D eigenvalue weighted by molar-refractivity contribution is -0.141. The summed E-state index contributed by atoms with van der Waals surface area (Å²) in [6.07, 6.45) is 2.26. The fourth-order valence-corrected chi connectivity index (χ4v) is 2.35. The lowest BCUT2D eigenvalue weighted by Gasteiger charge is -2.24. The van der Waals surface area contributed by atoms with E-state index >= 15 is 0 Å². The highest BCUT2D eigenvalue weighted by molar-refractivity contribution is 5.80. The van der Waals surface area contributed by atoms with Crippen molar-refractivity contribution in [2.45, 2.75) is 25.3 Å². The minimum absolute atomic E-state index is 0.170. The minimum Gasteiger partial charge on any atom is -0.467 e. The Kier molecular flexibility index (Phi) is 3.83. The molecule has 1 fully saturated rings. The number of hydrogen-bond acceptors (Lipinski definition) is 4. The maximum Gasteiger partial charge on any atom is 0.328 e. The predicted molar refractivity (Wildman–Crippen MR) is 68.1 cm³/mol. The quantitative estimate of drug-likeness (QED) is 0.762. The number of ether oxygens (including phenoxy) is 1. The number of nitrogens with zero attached hydrogens (tertiary/aromatic N) is 2. The number of esters is 1. The molecule has 0 spiro atoms. The van der Waals surface area contributed by atoms with Crippen LogP contribution in [0.1, 0.15) is 18.4 Å². The summed E-state index contributed by atoms with van der Waals surface area (Å²) in [6.45, 7) is 0.872. The summed E-state index contributed by atoms with van der Waals surface area (Å²) in [5, 5.41) is 8.63. The van der Waals surface area contributed by atoms with Crippen LogP contribution >= 0.6 is 0 Å². The number of anilines is 1. The van der Waals surface area contributed by atoms with Gasteiger partial charge in [0.25, 0.3) is 0 Å². The van der Waals surface area contributed by atoms with E-state index in [0.29, 0.717) is 6.42 Å². The molecule has 1 aromatic rings. The average Bonchev–Trinajstić information content (AvgIpc) is 2.88.